The van der Waals surface area contributed by atoms with E-state index in [4.69, 9.17) is 10.5 Å². The smallest absolute Gasteiger partial charge is 0.368 e. The molecule has 35 heavy (non-hydrogen) atoms. The summed E-state index contributed by atoms with van der Waals surface area (Å²) in [7, 11) is 0. The van der Waals surface area contributed by atoms with Gasteiger partial charge >= 0.3 is 6.18 Å². The number of nitrogens with two attached hydrogens (primary N) is 1. The number of piperazine rings is 1. The van der Waals surface area contributed by atoms with Crippen LogP contribution >= 0.6 is 0 Å². The Balaban J connectivity index is 0.000000509. The summed E-state index contributed by atoms with van der Waals surface area (Å²) in [5.74, 6) is -1.90. The van der Waals surface area contributed by atoms with Crippen LogP contribution in [0.25, 0.3) is 0 Å². The highest BCUT2D eigenvalue weighted by Crippen LogP contribution is 2.34. The third-order valence-electron chi connectivity index (χ3n) is 5.97. The van der Waals surface area contributed by atoms with Crippen molar-refractivity contribution in [2.75, 3.05) is 44.2 Å². The van der Waals surface area contributed by atoms with Gasteiger partial charge in [-0.2, -0.15) is 13.2 Å². The molecule has 1 aromatic carbocycles. The van der Waals surface area contributed by atoms with Crippen molar-refractivity contribution in [3.8, 4) is 0 Å². The number of hydrogen-bond donors (Lipinski definition) is 2. The van der Waals surface area contributed by atoms with Gasteiger partial charge in [0.15, 0.2) is 0 Å². The standard InChI is InChI=1S/C20H25N5O4.C2HF3O/c21-7-2-8-23-9-11-24(12-10-23)14-4-1-3-13-17(14)20(29)25(19(13)28)15-5-6-16(26)22-18(15)27;3-2(4,5)1-6/h1,3-4,15H,2,5-12,21H2,(H,22,26,27);1H. The Morgan fingerprint density at radius 1 is 1.06 bits per heavy atom. The van der Waals surface area contributed by atoms with Crippen LogP contribution in [0.3, 0.4) is 0 Å². The van der Waals surface area contributed by atoms with Gasteiger partial charge in [-0.25, -0.2) is 0 Å². The molecular formula is C22H26F3N5O5. The molecule has 0 aromatic heterocycles. The number of nitrogens with one attached hydrogen (secondary N) is 1. The summed E-state index contributed by atoms with van der Waals surface area (Å²) >= 11 is 0. The Bertz CT molecular complexity index is 1010. The zero-order valence-electron chi connectivity index (χ0n) is 18.8. The fraction of sp³-hybridized carbons (Fsp3) is 0.500. The van der Waals surface area contributed by atoms with Crippen LogP contribution in [-0.4, -0.2) is 91.2 Å². The Labute approximate surface area is 199 Å². The third-order valence-corrected chi connectivity index (χ3v) is 5.97. The van der Waals surface area contributed by atoms with Crippen molar-refractivity contribution >= 4 is 35.6 Å². The number of aldehydes is 1. The number of piperidine rings is 1. The first kappa shape index (κ1) is 26.3. The predicted octanol–water partition coefficient (Wildman–Crippen LogP) is 0.306. The SMILES string of the molecule is NCCCN1CCN(c2cccc3c2C(=O)N(C2CCC(=O)NC2=O)C3=O)CC1.O=CC(F)(F)F. The Morgan fingerprint density at radius 2 is 1.71 bits per heavy atom. The molecule has 1 aromatic rings. The lowest BCUT2D eigenvalue weighted by Gasteiger charge is -2.36. The second-order valence-electron chi connectivity index (χ2n) is 8.28. The minimum absolute atomic E-state index is 0.113. The summed E-state index contributed by atoms with van der Waals surface area (Å²) in [6.45, 7) is 4.85. The van der Waals surface area contributed by atoms with E-state index in [1.165, 1.54) is 0 Å². The topological polar surface area (TPSA) is 133 Å². The number of anilines is 1. The maximum Gasteiger partial charge on any atom is 0.446 e. The summed E-state index contributed by atoms with van der Waals surface area (Å²) in [5.41, 5.74) is 7.00. The Morgan fingerprint density at radius 3 is 2.29 bits per heavy atom. The average Bonchev–Trinajstić information content (AvgIpc) is 3.08. The molecule has 1 unspecified atom stereocenters. The van der Waals surface area contributed by atoms with E-state index in [2.05, 4.69) is 15.1 Å². The fourth-order valence-corrected chi connectivity index (χ4v) is 4.29. The first-order valence-electron chi connectivity index (χ1n) is 11.1. The minimum atomic E-state index is -4.64. The van der Waals surface area contributed by atoms with Gasteiger partial charge in [0.2, 0.25) is 18.1 Å². The molecule has 3 N–H and O–H groups in total. The molecule has 190 valence electrons. The van der Waals surface area contributed by atoms with Crippen LogP contribution in [-0.2, 0) is 14.4 Å². The number of nitrogens with zero attached hydrogens (tertiary/aromatic N) is 3. The lowest BCUT2D eigenvalue weighted by Crippen LogP contribution is -2.54. The highest BCUT2D eigenvalue weighted by Gasteiger charge is 2.46. The van der Waals surface area contributed by atoms with Gasteiger partial charge in [0.25, 0.3) is 11.8 Å². The van der Waals surface area contributed by atoms with Crippen LogP contribution in [0.5, 0.6) is 0 Å². The van der Waals surface area contributed by atoms with E-state index in [1.54, 1.807) is 12.1 Å². The number of rotatable bonds is 5. The number of carbonyl (C=O) groups excluding carboxylic acids is 5. The normalized spacial score (nSPS) is 20.9. The van der Waals surface area contributed by atoms with Crippen molar-refractivity contribution in [3.63, 3.8) is 0 Å². The fourth-order valence-electron chi connectivity index (χ4n) is 4.29. The van der Waals surface area contributed by atoms with Crippen LogP contribution in [0.4, 0.5) is 18.9 Å². The zero-order valence-corrected chi connectivity index (χ0v) is 18.8. The van der Waals surface area contributed by atoms with Crippen LogP contribution in [0.15, 0.2) is 18.2 Å². The zero-order chi connectivity index (χ0) is 25.8. The maximum absolute atomic E-state index is 13.2. The van der Waals surface area contributed by atoms with Gasteiger partial charge in [0.05, 0.1) is 16.8 Å². The average molecular weight is 497 g/mol. The first-order valence-corrected chi connectivity index (χ1v) is 11.1. The largest absolute Gasteiger partial charge is 0.446 e. The molecule has 10 nitrogen and oxygen atoms in total. The molecule has 2 saturated heterocycles. The van der Waals surface area contributed by atoms with Gasteiger partial charge in [-0.3, -0.25) is 39.1 Å². The summed E-state index contributed by atoms with van der Waals surface area (Å²) in [6, 6.07) is 4.31. The van der Waals surface area contributed by atoms with Crippen molar-refractivity contribution in [2.45, 2.75) is 31.5 Å². The molecular weight excluding hydrogens is 471 g/mol. The van der Waals surface area contributed by atoms with E-state index in [0.29, 0.717) is 17.7 Å². The van der Waals surface area contributed by atoms with Gasteiger partial charge in [-0.1, -0.05) is 6.07 Å². The van der Waals surface area contributed by atoms with Crippen molar-refractivity contribution in [3.05, 3.63) is 29.3 Å². The maximum atomic E-state index is 13.2. The molecule has 0 saturated carbocycles. The van der Waals surface area contributed by atoms with E-state index in [-0.39, 0.29) is 18.7 Å². The minimum Gasteiger partial charge on any atom is -0.368 e. The molecule has 0 radical (unpaired) electrons. The molecule has 2 fully saturated rings. The number of carbonyl (C=O) groups is 5. The Hall–Kier alpha value is -3.32. The van der Waals surface area contributed by atoms with E-state index in [0.717, 1.165) is 49.7 Å². The number of alkyl halides is 3. The van der Waals surface area contributed by atoms with E-state index >= 15 is 0 Å². The van der Waals surface area contributed by atoms with Crippen LogP contribution in [0, 0.1) is 0 Å². The molecule has 3 aliphatic rings. The molecule has 0 aliphatic carbocycles. The highest BCUT2D eigenvalue weighted by atomic mass is 19.4. The first-order chi connectivity index (χ1) is 16.6. The van der Waals surface area contributed by atoms with Crippen molar-refractivity contribution in [1.29, 1.82) is 0 Å². The summed E-state index contributed by atoms with van der Waals surface area (Å²) in [5, 5.41) is 2.22. The number of imide groups is 2. The number of fused-ring (bicyclic) bond motifs is 1. The van der Waals surface area contributed by atoms with Crippen LogP contribution in [0.1, 0.15) is 40.0 Å². The molecule has 0 bridgehead atoms. The van der Waals surface area contributed by atoms with E-state index in [1.807, 2.05) is 6.07 Å². The number of halogens is 3. The third kappa shape index (κ3) is 6.03. The molecule has 13 heteroatoms. The van der Waals surface area contributed by atoms with Gasteiger partial charge in [0.1, 0.15) is 6.04 Å². The van der Waals surface area contributed by atoms with Crippen molar-refractivity contribution < 1.29 is 37.1 Å². The predicted molar refractivity (Wildman–Crippen MR) is 118 cm³/mol. The van der Waals surface area contributed by atoms with E-state index < -0.39 is 36.2 Å². The summed E-state index contributed by atoms with van der Waals surface area (Å²) < 4.78 is 31.2. The lowest BCUT2D eigenvalue weighted by molar-refractivity contribution is -0.156. The van der Waals surface area contributed by atoms with E-state index in [9.17, 15) is 32.3 Å². The Kier molecular flexibility index (Phi) is 8.22. The molecule has 0 spiro atoms. The molecule has 3 aliphatic heterocycles. The van der Waals surface area contributed by atoms with Gasteiger partial charge in [-0.05, 0) is 38.1 Å². The number of amides is 4. The summed E-state index contributed by atoms with van der Waals surface area (Å²) in [6.07, 6.45) is -4.48. The molecule has 1 atom stereocenters. The summed E-state index contributed by atoms with van der Waals surface area (Å²) in [4.78, 5) is 64.0. The second-order valence-corrected chi connectivity index (χ2v) is 8.28. The van der Waals surface area contributed by atoms with Gasteiger partial charge < -0.3 is 10.6 Å². The van der Waals surface area contributed by atoms with Crippen molar-refractivity contribution in [1.82, 2.24) is 15.1 Å². The highest BCUT2D eigenvalue weighted by molar-refractivity contribution is 6.25. The van der Waals surface area contributed by atoms with Crippen LogP contribution < -0.4 is 16.0 Å². The molecule has 3 heterocycles. The van der Waals surface area contributed by atoms with Gasteiger partial charge in [-0.15, -0.1) is 0 Å². The molecule has 4 rings (SSSR count). The number of benzene rings is 1. The molecule has 4 amide bonds. The quantitative estimate of drug-likeness (QED) is 0.439. The van der Waals surface area contributed by atoms with Crippen LogP contribution in [0.2, 0.25) is 0 Å². The second kappa shape index (κ2) is 11.0. The number of hydrogen-bond acceptors (Lipinski definition) is 8. The lowest BCUT2D eigenvalue weighted by atomic mass is 10.0. The van der Waals surface area contributed by atoms with Crippen molar-refractivity contribution in [2.24, 2.45) is 5.73 Å². The van der Waals surface area contributed by atoms with Gasteiger partial charge in [0, 0.05) is 32.6 Å². The monoisotopic (exact) mass is 497 g/mol.